The lowest BCUT2D eigenvalue weighted by atomic mass is 9.98. The van der Waals surface area contributed by atoms with E-state index in [0.29, 0.717) is 6.54 Å². The molecule has 2 aromatic rings. The maximum atomic E-state index is 12.3. The largest absolute Gasteiger partial charge is 0.329 e. The molecule has 1 unspecified atom stereocenters. The van der Waals surface area contributed by atoms with Gasteiger partial charge in [0.25, 0.3) is 0 Å². The van der Waals surface area contributed by atoms with E-state index in [1.807, 2.05) is 61.5 Å². The minimum absolute atomic E-state index is 0.0667. The van der Waals surface area contributed by atoms with Gasteiger partial charge < -0.3 is 11.1 Å². The second kappa shape index (κ2) is 6.16. The number of para-hydroxylation sites is 1. The highest BCUT2D eigenvalue weighted by Gasteiger charge is 2.19. The van der Waals surface area contributed by atoms with E-state index in [4.69, 9.17) is 5.73 Å². The molecule has 0 heterocycles. The zero-order valence-corrected chi connectivity index (χ0v) is 11.0. The fourth-order valence-electron chi connectivity index (χ4n) is 2.01. The van der Waals surface area contributed by atoms with Gasteiger partial charge in [0, 0.05) is 12.2 Å². The fourth-order valence-corrected chi connectivity index (χ4v) is 2.01. The van der Waals surface area contributed by atoms with Crippen LogP contribution in [0.3, 0.4) is 0 Å². The van der Waals surface area contributed by atoms with E-state index in [0.717, 1.165) is 16.8 Å². The van der Waals surface area contributed by atoms with Gasteiger partial charge in [-0.3, -0.25) is 4.79 Å². The molecule has 0 radical (unpaired) electrons. The van der Waals surface area contributed by atoms with E-state index in [-0.39, 0.29) is 11.8 Å². The molecule has 0 saturated heterocycles. The summed E-state index contributed by atoms with van der Waals surface area (Å²) >= 11 is 0. The van der Waals surface area contributed by atoms with Gasteiger partial charge in [0.1, 0.15) is 0 Å². The number of rotatable bonds is 4. The van der Waals surface area contributed by atoms with Gasteiger partial charge in [-0.05, 0) is 24.1 Å². The average Bonchev–Trinajstić information content (AvgIpc) is 2.43. The molecule has 0 saturated carbocycles. The molecule has 3 heteroatoms. The molecule has 2 rings (SSSR count). The van der Waals surface area contributed by atoms with Crippen molar-refractivity contribution in [3.63, 3.8) is 0 Å². The molecule has 0 aliphatic carbocycles. The Kier molecular flexibility index (Phi) is 4.31. The second-order valence-corrected chi connectivity index (χ2v) is 4.50. The van der Waals surface area contributed by atoms with Crippen LogP contribution in [0.25, 0.3) is 0 Å². The molecule has 1 amide bonds. The quantitative estimate of drug-likeness (QED) is 0.881. The summed E-state index contributed by atoms with van der Waals surface area (Å²) in [4.78, 5) is 12.3. The van der Waals surface area contributed by atoms with Crippen molar-refractivity contribution in [2.24, 2.45) is 5.73 Å². The number of carbonyl (C=O) groups excluding carboxylic acids is 1. The molecule has 0 fully saturated rings. The van der Waals surface area contributed by atoms with E-state index in [1.54, 1.807) is 0 Å². The molecule has 0 aromatic heterocycles. The van der Waals surface area contributed by atoms with Crippen molar-refractivity contribution in [2.75, 3.05) is 11.9 Å². The summed E-state index contributed by atoms with van der Waals surface area (Å²) in [5.74, 6) is -0.385. The number of benzene rings is 2. The number of hydrogen-bond donors (Lipinski definition) is 2. The van der Waals surface area contributed by atoms with E-state index in [1.165, 1.54) is 0 Å². The van der Waals surface area contributed by atoms with Crippen LogP contribution >= 0.6 is 0 Å². The third kappa shape index (κ3) is 3.20. The van der Waals surface area contributed by atoms with Crippen LogP contribution in [-0.2, 0) is 4.79 Å². The molecular weight excluding hydrogens is 236 g/mol. The van der Waals surface area contributed by atoms with Gasteiger partial charge in [-0.2, -0.15) is 0 Å². The zero-order valence-electron chi connectivity index (χ0n) is 11.0. The first kappa shape index (κ1) is 13.3. The Morgan fingerprint density at radius 3 is 2.37 bits per heavy atom. The monoisotopic (exact) mass is 254 g/mol. The Balaban J connectivity index is 2.17. The van der Waals surface area contributed by atoms with Crippen molar-refractivity contribution in [3.8, 4) is 0 Å². The topological polar surface area (TPSA) is 55.1 Å². The van der Waals surface area contributed by atoms with Crippen molar-refractivity contribution in [2.45, 2.75) is 12.8 Å². The number of anilines is 1. The number of hydrogen-bond acceptors (Lipinski definition) is 2. The summed E-state index contributed by atoms with van der Waals surface area (Å²) in [6.07, 6.45) is 0. The lowest BCUT2D eigenvalue weighted by molar-refractivity contribution is -0.117. The molecular formula is C16H18N2O. The normalized spacial score (nSPS) is 11.9. The maximum Gasteiger partial charge on any atom is 0.233 e. The first-order valence-electron chi connectivity index (χ1n) is 6.34. The number of amides is 1. The van der Waals surface area contributed by atoms with E-state index >= 15 is 0 Å². The minimum Gasteiger partial charge on any atom is -0.329 e. The van der Waals surface area contributed by atoms with Crippen LogP contribution in [0.5, 0.6) is 0 Å². The summed E-state index contributed by atoms with van der Waals surface area (Å²) < 4.78 is 0. The SMILES string of the molecule is Cc1ccccc1NC(=O)C(CN)c1ccccc1. The zero-order chi connectivity index (χ0) is 13.7. The molecule has 1 atom stereocenters. The van der Waals surface area contributed by atoms with Crippen LogP contribution in [0.15, 0.2) is 54.6 Å². The highest BCUT2D eigenvalue weighted by Crippen LogP contribution is 2.19. The Labute approximate surface area is 113 Å². The van der Waals surface area contributed by atoms with Crippen LogP contribution in [0.2, 0.25) is 0 Å². The summed E-state index contributed by atoms with van der Waals surface area (Å²) in [5.41, 5.74) is 8.55. The first-order chi connectivity index (χ1) is 9.22. The molecule has 19 heavy (non-hydrogen) atoms. The van der Waals surface area contributed by atoms with Gasteiger partial charge in [-0.1, -0.05) is 48.5 Å². The van der Waals surface area contributed by atoms with Gasteiger partial charge in [0.2, 0.25) is 5.91 Å². The van der Waals surface area contributed by atoms with Gasteiger partial charge >= 0.3 is 0 Å². The fraction of sp³-hybridized carbons (Fsp3) is 0.188. The molecule has 0 aliphatic heterocycles. The van der Waals surface area contributed by atoms with Crippen molar-refractivity contribution >= 4 is 11.6 Å². The third-order valence-corrected chi connectivity index (χ3v) is 3.16. The van der Waals surface area contributed by atoms with Crippen LogP contribution in [0.1, 0.15) is 17.0 Å². The summed E-state index contributed by atoms with van der Waals surface area (Å²) in [5, 5.41) is 2.94. The summed E-state index contributed by atoms with van der Waals surface area (Å²) in [7, 11) is 0. The summed E-state index contributed by atoms with van der Waals surface area (Å²) in [6, 6.07) is 17.3. The Morgan fingerprint density at radius 2 is 1.74 bits per heavy atom. The predicted octanol–water partition coefficient (Wildman–Crippen LogP) is 2.68. The number of nitrogens with one attached hydrogen (secondary N) is 1. The highest BCUT2D eigenvalue weighted by molar-refractivity contribution is 5.96. The smallest absolute Gasteiger partial charge is 0.233 e. The Bertz CT molecular complexity index is 552. The highest BCUT2D eigenvalue weighted by atomic mass is 16.1. The first-order valence-corrected chi connectivity index (χ1v) is 6.34. The minimum atomic E-state index is -0.319. The Morgan fingerprint density at radius 1 is 1.11 bits per heavy atom. The summed E-state index contributed by atoms with van der Waals surface area (Å²) in [6.45, 7) is 2.26. The second-order valence-electron chi connectivity index (χ2n) is 4.50. The molecule has 3 nitrogen and oxygen atoms in total. The van der Waals surface area contributed by atoms with Crippen molar-refractivity contribution < 1.29 is 4.79 Å². The standard InChI is InChI=1S/C16H18N2O/c1-12-7-5-6-10-15(12)18-16(19)14(11-17)13-8-3-2-4-9-13/h2-10,14H,11,17H2,1H3,(H,18,19). The van der Waals surface area contributed by atoms with Crippen molar-refractivity contribution in [1.29, 1.82) is 0 Å². The maximum absolute atomic E-state index is 12.3. The number of aryl methyl sites for hydroxylation is 1. The average molecular weight is 254 g/mol. The van der Waals surface area contributed by atoms with E-state index in [2.05, 4.69) is 5.32 Å². The molecule has 2 aromatic carbocycles. The van der Waals surface area contributed by atoms with Gasteiger partial charge in [0.15, 0.2) is 0 Å². The van der Waals surface area contributed by atoms with E-state index in [9.17, 15) is 4.79 Å². The van der Waals surface area contributed by atoms with Crippen molar-refractivity contribution in [1.82, 2.24) is 0 Å². The molecule has 0 bridgehead atoms. The predicted molar refractivity (Wildman–Crippen MR) is 78.0 cm³/mol. The number of carbonyl (C=O) groups is 1. The van der Waals surface area contributed by atoms with Crippen LogP contribution in [0, 0.1) is 6.92 Å². The van der Waals surface area contributed by atoms with Crippen molar-refractivity contribution in [3.05, 3.63) is 65.7 Å². The van der Waals surface area contributed by atoms with Crippen LogP contribution in [-0.4, -0.2) is 12.5 Å². The van der Waals surface area contributed by atoms with Gasteiger partial charge in [0.05, 0.1) is 5.92 Å². The van der Waals surface area contributed by atoms with Gasteiger partial charge in [-0.25, -0.2) is 0 Å². The Hall–Kier alpha value is -2.13. The van der Waals surface area contributed by atoms with Crippen LogP contribution < -0.4 is 11.1 Å². The van der Waals surface area contributed by atoms with Crippen LogP contribution in [0.4, 0.5) is 5.69 Å². The number of nitrogens with two attached hydrogens (primary N) is 1. The van der Waals surface area contributed by atoms with E-state index < -0.39 is 0 Å². The molecule has 0 spiro atoms. The molecule has 98 valence electrons. The third-order valence-electron chi connectivity index (χ3n) is 3.16. The molecule has 3 N–H and O–H groups in total. The lowest BCUT2D eigenvalue weighted by Crippen LogP contribution is -2.27. The lowest BCUT2D eigenvalue weighted by Gasteiger charge is -2.16. The van der Waals surface area contributed by atoms with Gasteiger partial charge in [-0.15, -0.1) is 0 Å². The molecule has 0 aliphatic rings.